The van der Waals surface area contributed by atoms with Crippen LogP contribution in [0.25, 0.3) is 0 Å². The standard InChI is InChI=1S/6ClH.Na.6H2O.Os.H/h6*1H;;6*1H2;;/q;;;;;;+1;;;;;;;+6;-1/p-6. The van der Waals surface area contributed by atoms with E-state index in [2.05, 4.69) is 0 Å². The fourth-order valence-electron chi connectivity index (χ4n) is 0. The predicted molar refractivity (Wildman–Crippen MR) is 57.9 cm³/mol. The molecule has 6 nitrogen and oxygen atoms in total. The molecule has 0 amide bonds. The summed E-state index contributed by atoms with van der Waals surface area (Å²) in [6.07, 6.45) is 0. The molecule has 0 atom stereocenters. The molecule has 0 spiro atoms. The van der Waals surface area contributed by atoms with Crippen molar-refractivity contribution in [2.75, 3.05) is 0 Å². The molecule has 0 aliphatic heterocycles. The first-order valence-electron chi connectivity index (χ1n) is 0.802. The Bertz CT molecular complexity index is 86.2. The van der Waals surface area contributed by atoms with Crippen LogP contribution in [0, 0.1) is 0 Å². The van der Waals surface area contributed by atoms with E-state index in [1.54, 1.807) is 0 Å². The first kappa shape index (κ1) is 53.5. The molecule has 14 heavy (non-hydrogen) atoms. The van der Waals surface area contributed by atoms with Crippen LogP contribution < -0.4 is 29.6 Å². The van der Waals surface area contributed by atoms with Crippen molar-refractivity contribution in [2.24, 2.45) is 0 Å². The SMILES string of the molecule is O.O.O.O.O.O.[Cl][Os]([Cl])([Cl])([Cl])([Cl])[Cl].[H-].[Na+]. The zero-order chi connectivity index (χ0) is 6.41. The van der Waals surface area contributed by atoms with Gasteiger partial charge in [0.05, 0.1) is 0 Å². The summed E-state index contributed by atoms with van der Waals surface area (Å²) in [5.74, 6) is 0. The predicted octanol–water partition coefficient (Wildman–Crippen LogP) is -3.70. The van der Waals surface area contributed by atoms with E-state index in [0.717, 1.165) is 0 Å². The maximum atomic E-state index is 5.06. The fraction of sp³-hybridized carbons (Fsp3) is 0. The van der Waals surface area contributed by atoms with Crippen LogP contribution in [0.15, 0.2) is 0 Å². The fourth-order valence-corrected chi connectivity index (χ4v) is 0. The molecule has 0 rings (SSSR count). The van der Waals surface area contributed by atoms with Gasteiger partial charge in [-0.05, 0) is 0 Å². The summed E-state index contributed by atoms with van der Waals surface area (Å²) in [5.41, 5.74) is 0. The molecule has 14 heteroatoms. The summed E-state index contributed by atoms with van der Waals surface area (Å²) in [6.45, 7) is -5.38. The third-order valence-electron chi connectivity index (χ3n) is 0. The molecule has 12 N–H and O–H groups in total. The smallest absolute Gasteiger partial charge is 1.00 e. The summed E-state index contributed by atoms with van der Waals surface area (Å²) < 4.78 is 0. The quantitative estimate of drug-likeness (QED) is 0.277. The summed E-state index contributed by atoms with van der Waals surface area (Å²) >= 11 is 0. The molecule has 0 aromatic carbocycles. The normalized spacial score (nSPS) is 11.6. The van der Waals surface area contributed by atoms with Gasteiger partial charge in [-0.25, -0.2) is 0 Å². The molecule has 100 valence electrons. The molecule has 0 saturated carbocycles. The Morgan fingerprint density at radius 1 is 0.500 bits per heavy atom. The van der Waals surface area contributed by atoms with Crippen LogP contribution >= 0.6 is 57.8 Å². The van der Waals surface area contributed by atoms with Crippen molar-refractivity contribution < 1.29 is 70.5 Å². The topological polar surface area (TPSA) is 189 Å². The van der Waals surface area contributed by atoms with Crippen molar-refractivity contribution in [2.45, 2.75) is 0 Å². The molecule has 0 aliphatic carbocycles. The monoisotopic (exact) mass is 534 g/mol. The summed E-state index contributed by atoms with van der Waals surface area (Å²) in [7, 11) is 30.4. The van der Waals surface area contributed by atoms with Crippen molar-refractivity contribution in [3.05, 3.63) is 0 Å². The third-order valence-corrected chi connectivity index (χ3v) is 0. The average Bonchev–Trinajstić information content (AvgIpc) is 0.592. The third kappa shape index (κ3) is 307. The number of hydrogen-bond donors (Lipinski definition) is 0. The second-order valence-corrected chi connectivity index (χ2v) is 55.8. The Morgan fingerprint density at radius 3 is 0.500 bits per heavy atom. The summed E-state index contributed by atoms with van der Waals surface area (Å²) in [5, 5.41) is 0. The van der Waals surface area contributed by atoms with Gasteiger partial charge in [0.25, 0.3) is 0 Å². The molecule has 0 bridgehead atoms. The van der Waals surface area contributed by atoms with Gasteiger partial charge < -0.3 is 34.3 Å². The molecule has 0 fully saturated rings. The van der Waals surface area contributed by atoms with E-state index in [9.17, 15) is 0 Å². The van der Waals surface area contributed by atoms with E-state index < -0.39 is 6.64 Å². The van der Waals surface area contributed by atoms with E-state index in [0.29, 0.717) is 0 Å². The van der Waals surface area contributed by atoms with Gasteiger partial charge in [-0.1, -0.05) is 0 Å². The molecule has 0 aliphatic rings. The van der Waals surface area contributed by atoms with Crippen molar-refractivity contribution >= 4 is 57.8 Å². The van der Waals surface area contributed by atoms with Crippen LogP contribution in [0.3, 0.4) is 0 Å². The Hall–Kier alpha value is 3.14. The van der Waals surface area contributed by atoms with Gasteiger partial charge in [-0.2, -0.15) is 0 Å². The molecule has 0 heterocycles. The number of rotatable bonds is 0. The van der Waals surface area contributed by atoms with E-state index in [4.69, 9.17) is 57.8 Å². The second kappa shape index (κ2) is 11.2. The molecule has 0 radical (unpaired) electrons. The van der Waals surface area contributed by atoms with E-state index in [-0.39, 0.29) is 63.8 Å². The Labute approximate surface area is 126 Å². The van der Waals surface area contributed by atoms with Crippen LogP contribution in [0.2, 0.25) is 0 Å². The molecular weight excluding hydrogens is 522 g/mol. The van der Waals surface area contributed by atoms with Gasteiger partial charge in [0.15, 0.2) is 0 Å². The number of halogens is 6. The van der Waals surface area contributed by atoms with E-state index in [1.165, 1.54) is 0 Å². The summed E-state index contributed by atoms with van der Waals surface area (Å²) in [4.78, 5) is 0. The van der Waals surface area contributed by atoms with E-state index in [1.807, 2.05) is 0 Å². The number of hydrogen-bond acceptors (Lipinski definition) is 0. The van der Waals surface area contributed by atoms with Crippen LogP contribution in [0.1, 0.15) is 1.43 Å². The second-order valence-electron chi connectivity index (χ2n) is 0.758. The Morgan fingerprint density at radius 2 is 0.500 bits per heavy atom. The Kier molecular flexibility index (Phi) is 42.9. The van der Waals surface area contributed by atoms with Gasteiger partial charge in [0.1, 0.15) is 0 Å². The van der Waals surface area contributed by atoms with E-state index >= 15 is 0 Å². The minimum Gasteiger partial charge on any atom is -1.00 e. The van der Waals surface area contributed by atoms with Crippen LogP contribution in [-0.2, 0) is 6.64 Å². The first-order chi connectivity index (χ1) is 2.45. The van der Waals surface area contributed by atoms with Crippen molar-refractivity contribution in [3.63, 3.8) is 0 Å². The van der Waals surface area contributed by atoms with Crippen LogP contribution in [0.5, 0.6) is 0 Å². The molecule has 0 aromatic heterocycles. The molecular formula is H13Cl6NaO6Os. The van der Waals surface area contributed by atoms with Gasteiger partial charge in [0.2, 0.25) is 0 Å². The van der Waals surface area contributed by atoms with Gasteiger partial charge in [-0.3, -0.25) is 0 Å². The van der Waals surface area contributed by atoms with Crippen molar-refractivity contribution in [1.82, 2.24) is 0 Å². The molecule has 0 saturated heterocycles. The van der Waals surface area contributed by atoms with Gasteiger partial charge >= 0.3 is 94.0 Å². The molecule has 0 aromatic rings. The van der Waals surface area contributed by atoms with Gasteiger partial charge in [0, 0.05) is 0 Å². The van der Waals surface area contributed by atoms with Crippen LogP contribution in [0.4, 0.5) is 0 Å². The first-order valence-corrected chi connectivity index (χ1v) is 19.7. The molecule has 0 unspecified atom stereocenters. The minimum absolute atomic E-state index is 0. The maximum Gasteiger partial charge on any atom is 1.00 e. The zero-order valence-electron chi connectivity index (χ0n) is 7.62. The Balaban J connectivity index is -0.00000000643. The van der Waals surface area contributed by atoms with Crippen molar-refractivity contribution in [1.29, 1.82) is 0 Å². The zero-order valence-corrected chi connectivity index (χ0v) is 15.7. The van der Waals surface area contributed by atoms with Gasteiger partial charge in [-0.15, -0.1) is 0 Å². The summed E-state index contributed by atoms with van der Waals surface area (Å²) in [6, 6.07) is 0. The average molecular weight is 535 g/mol. The minimum atomic E-state index is -5.38. The maximum absolute atomic E-state index is 5.38. The largest absolute Gasteiger partial charge is 1.00 e. The van der Waals surface area contributed by atoms with Crippen LogP contribution in [-0.4, -0.2) is 32.9 Å². The van der Waals surface area contributed by atoms with Crippen molar-refractivity contribution in [3.8, 4) is 0 Å².